The van der Waals surface area contributed by atoms with Crippen molar-refractivity contribution in [3.05, 3.63) is 21.4 Å². The Morgan fingerprint density at radius 2 is 1.81 bits per heavy atom. The molecule has 0 saturated heterocycles. The van der Waals surface area contributed by atoms with Crippen LogP contribution in [0, 0.1) is 0 Å². The molecule has 1 heterocycles. The lowest BCUT2D eigenvalue weighted by atomic mass is 9.86. The monoisotopic (exact) mass is 262 g/mol. The van der Waals surface area contributed by atoms with Crippen LogP contribution in [0.25, 0.3) is 0 Å². The van der Waals surface area contributed by atoms with E-state index >= 15 is 0 Å². The normalized spacial score (nSPS) is 11.6. The fourth-order valence-corrected chi connectivity index (χ4v) is 2.24. The van der Waals surface area contributed by atoms with Crippen molar-refractivity contribution < 1.29 is 9.90 Å². The van der Waals surface area contributed by atoms with Gasteiger partial charge in [-0.3, -0.25) is 0 Å². The molecule has 6 heteroatoms. The van der Waals surface area contributed by atoms with Crippen LogP contribution in [0.15, 0.2) is 0 Å². The van der Waals surface area contributed by atoms with Crippen LogP contribution in [-0.2, 0) is 5.41 Å². The number of nitrogens with zero attached hydrogens (tertiary/aromatic N) is 1. The molecule has 0 aliphatic rings. The highest BCUT2D eigenvalue weighted by Crippen LogP contribution is 2.37. The van der Waals surface area contributed by atoms with E-state index in [4.69, 9.17) is 34.0 Å². The van der Waals surface area contributed by atoms with Gasteiger partial charge in [0.15, 0.2) is 0 Å². The molecule has 3 N–H and O–H groups in total. The summed E-state index contributed by atoms with van der Waals surface area (Å²) < 4.78 is 0. The molecule has 0 aliphatic carbocycles. The fourth-order valence-electron chi connectivity index (χ4n) is 1.46. The largest absolute Gasteiger partial charge is 0.478 e. The van der Waals surface area contributed by atoms with Gasteiger partial charge in [-0.05, 0) is 5.41 Å². The molecule has 4 nitrogen and oxygen atoms in total. The molecule has 0 atom stereocenters. The van der Waals surface area contributed by atoms with Gasteiger partial charge in [-0.1, -0.05) is 44.0 Å². The van der Waals surface area contributed by atoms with Gasteiger partial charge in [-0.15, -0.1) is 0 Å². The summed E-state index contributed by atoms with van der Waals surface area (Å²) in [4.78, 5) is 14.8. The van der Waals surface area contributed by atoms with Crippen molar-refractivity contribution in [3.8, 4) is 0 Å². The van der Waals surface area contributed by atoms with E-state index in [1.165, 1.54) is 0 Å². The molecule has 0 amide bonds. The zero-order valence-corrected chi connectivity index (χ0v) is 10.6. The minimum absolute atomic E-state index is 0.0741. The number of carboxylic acids is 1. The van der Waals surface area contributed by atoms with Crippen LogP contribution >= 0.6 is 23.2 Å². The van der Waals surface area contributed by atoms with Crippen molar-refractivity contribution in [3.63, 3.8) is 0 Å². The van der Waals surface area contributed by atoms with Gasteiger partial charge in [-0.2, -0.15) is 0 Å². The third-order valence-corrected chi connectivity index (χ3v) is 2.66. The van der Waals surface area contributed by atoms with Crippen LogP contribution in [0.4, 0.5) is 5.69 Å². The predicted molar refractivity (Wildman–Crippen MR) is 64.3 cm³/mol. The van der Waals surface area contributed by atoms with E-state index < -0.39 is 11.4 Å². The Bertz CT molecular complexity index is 453. The highest BCUT2D eigenvalue weighted by atomic mass is 35.5. The zero-order chi connectivity index (χ0) is 12.7. The first-order valence-electron chi connectivity index (χ1n) is 4.54. The maximum Gasteiger partial charge on any atom is 0.340 e. The van der Waals surface area contributed by atoms with Gasteiger partial charge in [0, 0.05) is 5.56 Å². The molecule has 0 aromatic carbocycles. The van der Waals surface area contributed by atoms with Crippen LogP contribution in [-0.4, -0.2) is 16.1 Å². The number of carboxylic acid groups (broad SMARTS) is 1. The van der Waals surface area contributed by atoms with Crippen LogP contribution in [0.2, 0.25) is 10.3 Å². The molecular formula is C10H12Cl2N2O2. The summed E-state index contributed by atoms with van der Waals surface area (Å²) in [5.74, 6) is -1.21. The predicted octanol–water partition coefficient (Wildman–Crippen LogP) is 2.97. The number of hydrogen-bond acceptors (Lipinski definition) is 3. The van der Waals surface area contributed by atoms with Crippen molar-refractivity contribution in [2.45, 2.75) is 26.2 Å². The third-order valence-electron chi connectivity index (χ3n) is 2.11. The maximum absolute atomic E-state index is 11.0. The van der Waals surface area contributed by atoms with Crippen molar-refractivity contribution in [1.82, 2.24) is 4.98 Å². The molecular weight excluding hydrogens is 251 g/mol. The number of hydrogen-bond donors (Lipinski definition) is 2. The number of nitrogens with two attached hydrogens (primary N) is 1. The van der Waals surface area contributed by atoms with Crippen molar-refractivity contribution >= 4 is 34.9 Å². The molecule has 88 valence electrons. The maximum atomic E-state index is 11.0. The van der Waals surface area contributed by atoms with Crippen LogP contribution in [0.1, 0.15) is 36.7 Å². The number of halogens is 2. The number of pyridine rings is 1. The molecule has 16 heavy (non-hydrogen) atoms. The summed E-state index contributed by atoms with van der Waals surface area (Å²) in [5, 5.41) is 8.93. The summed E-state index contributed by atoms with van der Waals surface area (Å²) >= 11 is 11.6. The number of rotatable bonds is 1. The van der Waals surface area contributed by atoms with E-state index in [1.807, 2.05) is 20.8 Å². The lowest BCUT2D eigenvalue weighted by Crippen LogP contribution is -2.19. The van der Waals surface area contributed by atoms with Gasteiger partial charge >= 0.3 is 5.97 Å². The minimum Gasteiger partial charge on any atom is -0.478 e. The van der Waals surface area contributed by atoms with E-state index in [9.17, 15) is 4.79 Å². The Morgan fingerprint density at radius 1 is 1.31 bits per heavy atom. The third kappa shape index (κ3) is 2.23. The molecule has 1 aromatic rings. The van der Waals surface area contributed by atoms with E-state index in [1.54, 1.807) is 0 Å². The Morgan fingerprint density at radius 3 is 2.19 bits per heavy atom. The Labute approximate surface area is 103 Å². The molecule has 0 spiro atoms. The van der Waals surface area contributed by atoms with E-state index in [0.29, 0.717) is 5.56 Å². The second-order valence-electron chi connectivity index (χ2n) is 4.41. The number of nitrogen functional groups attached to an aromatic ring is 1. The summed E-state index contributed by atoms with van der Waals surface area (Å²) in [5.41, 5.74) is 5.75. The van der Waals surface area contributed by atoms with Gasteiger partial charge < -0.3 is 10.8 Å². The highest BCUT2D eigenvalue weighted by Gasteiger charge is 2.27. The summed E-state index contributed by atoms with van der Waals surface area (Å²) in [7, 11) is 0. The molecule has 0 fully saturated rings. The van der Waals surface area contributed by atoms with Gasteiger partial charge in [0.25, 0.3) is 0 Å². The number of aromatic nitrogens is 1. The minimum atomic E-state index is -1.21. The smallest absolute Gasteiger partial charge is 0.340 e. The summed E-state index contributed by atoms with van der Waals surface area (Å²) in [6.07, 6.45) is 0. The summed E-state index contributed by atoms with van der Waals surface area (Å²) in [6.45, 7) is 5.60. The molecule has 0 unspecified atom stereocenters. The molecule has 0 radical (unpaired) electrons. The molecule has 0 bridgehead atoms. The second-order valence-corrected chi connectivity index (χ2v) is 5.13. The van der Waals surface area contributed by atoms with Crippen molar-refractivity contribution in [2.24, 2.45) is 0 Å². The Hall–Kier alpha value is -1.00. The first-order chi connectivity index (χ1) is 7.16. The van der Waals surface area contributed by atoms with Crippen LogP contribution in [0.3, 0.4) is 0 Å². The van der Waals surface area contributed by atoms with Crippen LogP contribution < -0.4 is 5.73 Å². The van der Waals surface area contributed by atoms with Crippen LogP contribution in [0.5, 0.6) is 0 Å². The Kier molecular flexibility index (Phi) is 3.35. The average Bonchev–Trinajstić information content (AvgIpc) is 1.97. The standard InChI is InChI=1S/C10H12Cl2N2O2/c1-10(2,3)5-6(13)4(9(15)16)7(11)14-8(5)12/h1-3H3,(H2,13,14)(H,15,16). The van der Waals surface area contributed by atoms with Gasteiger partial charge in [0.05, 0.1) is 5.69 Å². The van der Waals surface area contributed by atoms with E-state index in [-0.39, 0.29) is 21.6 Å². The SMILES string of the molecule is CC(C)(C)c1c(Cl)nc(Cl)c(C(=O)O)c1N. The van der Waals surface area contributed by atoms with Gasteiger partial charge in [-0.25, -0.2) is 9.78 Å². The van der Waals surface area contributed by atoms with Crippen molar-refractivity contribution in [2.75, 3.05) is 5.73 Å². The quantitative estimate of drug-likeness (QED) is 0.763. The lowest BCUT2D eigenvalue weighted by Gasteiger charge is -2.23. The fraction of sp³-hybridized carbons (Fsp3) is 0.400. The first kappa shape index (κ1) is 13.1. The first-order valence-corrected chi connectivity index (χ1v) is 5.30. The molecule has 0 aliphatic heterocycles. The summed E-state index contributed by atoms with van der Waals surface area (Å²) in [6, 6.07) is 0. The average molecular weight is 263 g/mol. The van der Waals surface area contributed by atoms with E-state index in [2.05, 4.69) is 4.98 Å². The van der Waals surface area contributed by atoms with E-state index in [0.717, 1.165) is 0 Å². The zero-order valence-electron chi connectivity index (χ0n) is 9.14. The molecule has 0 saturated carbocycles. The number of anilines is 1. The lowest BCUT2D eigenvalue weighted by molar-refractivity contribution is 0.0697. The van der Waals surface area contributed by atoms with Gasteiger partial charge in [0.2, 0.25) is 0 Å². The molecule has 1 aromatic heterocycles. The topological polar surface area (TPSA) is 76.2 Å². The number of carbonyl (C=O) groups is 1. The molecule has 1 rings (SSSR count). The highest BCUT2D eigenvalue weighted by molar-refractivity contribution is 6.35. The Balaban J connectivity index is 3.65. The van der Waals surface area contributed by atoms with Gasteiger partial charge in [0.1, 0.15) is 15.9 Å². The second kappa shape index (κ2) is 4.11. The number of aromatic carboxylic acids is 1. The van der Waals surface area contributed by atoms with Crippen molar-refractivity contribution in [1.29, 1.82) is 0 Å².